The Morgan fingerprint density at radius 2 is 1.86 bits per heavy atom. The van der Waals surface area contributed by atoms with Crippen molar-refractivity contribution in [3.05, 3.63) is 59.2 Å². The maximum absolute atomic E-state index is 12.9. The summed E-state index contributed by atoms with van der Waals surface area (Å²) in [5, 5.41) is 2.85. The number of amides is 1. The Bertz CT molecular complexity index is 951. The number of nitrogens with zero attached hydrogens (tertiary/aromatic N) is 1. The molecule has 1 amide bonds. The fourth-order valence-electron chi connectivity index (χ4n) is 3.31. The molecule has 0 unspecified atom stereocenters. The fraction of sp³-hybridized carbons (Fsp3) is 0.381. The van der Waals surface area contributed by atoms with Gasteiger partial charge in [-0.25, -0.2) is 8.42 Å². The number of aryl methyl sites for hydroxylation is 1. The second-order valence-electron chi connectivity index (χ2n) is 7.03. The number of nitrogens with one attached hydrogen (secondary N) is 1. The van der Waals surface area contributed by atoms with Crippen LogP contribution in [0.1, 0.15) is 40.7 Å². The number of benzene rings is 2. The van der Waals surface area contributed by atoms with Gasteiger partial charge in [-0.2, -0.15) is 4.31 Å². The first-order chi connectivity index (χ1) is 13.4. The van der Waals surface area contributed by atoms with Crippen molar-refractivity contribution in [2.45, 2.75) is 37.7 Å². The Kier molecular flexibility index (Phi) is 6.49. The summed E-state index contributed by atoms with van der Waals surface area (Å²) >= 11 is 0. The minimum absolute atomic E-state index is 0.212. The minimum Gasteiger partial charge on any atom is -0.380 e. The first-order valence-electron chi connectivity index (χ1n) is 9.42. The maximum Gasteiger partial charge on any atom is 0.255 e. The molecular weight excluding hydrogens is 376 g/mol. The van der Waals surface area contributed by atoms with Crippen LogP contribution in [0.4, 0.5) is 5.69 Å². The summed E-state index contributed by atoms with van der Waals surface area (Å²) < 4.78 is 32.5. The Morgan fingerprint density at radius 1 is 1.11 bits per heavy atom. The molecule has 1 aliphatic heterocycles. The van der Waals surface area contributed by atoms with Crippen molar-refractivity contribution in [3.8, 4) is 0 Å². The van der Waals surface area contributed by atoms with Gasteiger partial charge in [0.1, 0.15) is 0 Å². The molecule has 28 heavy (non-hydrogen) atoms. The first kappa shape index (κ1) is 20.5. The molecule has 0 aliphatic carbocycles. The molecule has 6 nitrogen and oxygen atoms in total. The molecule has 0 saturated carbocycles. The number of ether oxygens (including phenoxy) is 1. The van der Waals surface area contributed by atoms with Gasteiger partial charge in [0, 0.05) is 31.5 Å². The van der Waals surface area contributed by atoms with Gasteiger partial charge in [0.05, 0.1) is 11.5 Å². The van der Waals surface area contributed by atoms with Crippen molar-refractivity contribution in [1.29, 1.82) is 0 Å². The number of rotatable bonds is 6. The highest BCUT2D eigenvalue weighted by molar-refractivity contribution is 7.89. The van der Waals surface area contributed by atoms with E-state index in [9.17, 15) is 13.2 Å². The largest absolute Gasteiger partial charge is 0.380 e. The van der Waals surface area contributed by atoms with Crippen LogP contribution in [0.15, 0.2) is 47.4 Å². The van der Waals surface area contributed by atoms with Crippen LogP contribution in [0.5, 0.6) is 0 Å². The van der Waals surface area contributed by atoms with E-state index < -0.39 is 10.0 Å². The molecule has 1 saturated heterocycles. The van der Waals surface area contributed by atoms with E-state index in [0.717, 1.165) is 30.4 Å². The number of sulfonamides is 1. The standard InChI is InChI=1S/C21H26N2O4S/c1-16-9-10-19(28(25,26)23-11-4-3-5-12-23)14-20(16)22-21(24)18-8-6-7-17(13-18)15-27-2/h6-10,13-14H,3-5,11-12,15H2,1-2H3,(H,22,24). The van der Waals surface area contributed by atoms with E-state index in [4.69, 9.17) is 4.74 Å². The second-order valence-corrected chi connectivity index (χ2v) is 8.97. The number of hydrogen-bond acceptors (Lipinski definition) is 4. The van der Waals surface area contributed by atoms with Crippen molar-refractivity contribution in [1.82, 2.24) is 4.31 Å². The molecule has 150 valence electrons. The molecule has 2 aromatic rings. The lowest BCUT2D eigenvalue weighted by Gasteiger charge is -2.26. The van der Waals surface area contributed by atoms with Gasteiger partial charge in [-0.3, -0.25) is 4.79 Å². The smallest absolute Gasteiger partial charge is 0.255 e. The summed E-state index contributed by atoms with van der Waals surface area (Å²) in [6.07, 6.45) is 2.82. The predicted octanol–water partition coefficient (Wildman–Crippen LogP) is 3.57. The zero-order chi connectivity index (χ0) is 20.1. The number of anilines is 1. The molecular formula is C21H26N2O4S. The Hall–Kier alpha value is -2.22. The Balaban J connectivity index is 1.83. The van der Waals surface area contributed by atoms with Crippen LogP contribution in [0.25, 0.3) is 0 Å². The van der Waals surface area contributed by atoms with E-state index in [1.807, 2.05) is 13.0 Å². The van der Waals surface area contributed by atoms with Gasteiger partial charge in [-0.05, 0) is 55.2 Å². The van der Waals surface area contributed by atoms with Gasteiger partial charge in [0.15, 0.2) is 0 Å². The lowest BCUT2D eigenvalue weighted by atomic mass is 10.1. The van der Waals surface area contributed by atoms with E-state index in [-0.39, 0.29) is 10.8 Å². The summed E-state index contributed by atoms with van der Waals surface area (Å²) in [6.45, 7) is 3.35. The van der Waals surface area contributed by atoms with E-state index >= 15 is 0 Å². The number of carbonyl (C=O) groups excluding carboxylic acids is 1. The summed E-state index contributed by atoms with van der Waals surface area (Å²) in [5.41, 5.74) is 2.70. The van der Waals surface area contributed by atoms with Crippen LogP contribution in [0, 0.1) is 6.92 Å². The van der Waals surface area contributed by atoms with Crippen LogP contribution in [0.2, 0.25) is 0 Å². The van der Waals surface area contributed by atoms with Crippen LogP contribution in [-0.2, 0) is 21.4 Å². The highest BCUT2D eigenvalue weighted by atomic mass is 32.2. The molecule has 0 spiro atoms. The van der Waals surface area contributed by atoms with E-state index in [1.54, 1.807) is 43.5 Å². The number of piperidine rings is 1. The van der Waals surface area contributed by atoms with Gasteiger partial charge in [0.2, 0.25) is 10.0 Å². The van der Waals surface area contributed by atoms with Crippen molar-refractivity contribution in [2.24, 2.45) is 0 Å². The summed E-state index contributed by atoms with van der Waals surface area (Å²) in [7, 11) is -1.95. The molecule has 1 heterocycles. The van der Waals surface area contributed by atoms with Gasteiger partial charge >= 0.3 is 0 Å². The second kappa shape index (κ2) is 8.86. The summed E-state index contributed by atoms with van der Waals surface area (Å²) in [5.74, 6) is -0.284. The van der Waals surface area contributed by atoms with E-state index in [1.165, 1.54) is 4.31 Å². The predicted molar refractivity (Wildman–Crippen MR) is 109 cm³/mol. The van der Waals surface area contributed by atoms with Gasteiger partial charge < -0.3 is 10.1 Å². The lowest BCUT2D eigenvalue weighted by molar-refractivity contribution is 0.102. The molecule has 2 aromatic carbocycles. The van der Waals surface area contributed by atoms with Crippen LogP contribution < -0.4 is 5.32 Å². The topological polar surface area (TPSA) is 75.7 Å². The molecule has 3 rings (SSSR count). The summed E-state index contributed by atoms with van der Waals surface area (Å²) in [6, 6.07) is 12.1. The van der Waals surface area contributed by atoms with Crippen molar-refractivity contribution >= 4 is 21.6 Å². The highest BCUT2D eigenvalue weighted by Gasteiger charge is 2.26. The molecule has 7 heteroatoms. The van der Waals surface area contributed by atoms with Gasteiger partial charge in [0.25, 0.3) is 5.91 Å². The summed E-state index contributed by atoms with van der Waals surface area (Å²) in [4.78, 5) is 12.9. The normalized spacial score (nSPS) is 15.4. The van der Waals surface area contributed by atoms with E-state index in [0.29, 0.717) is 30.9 Å². The molecule has 0 atom stereocenters. The SMILES string of the molecule is COCc1cccc(C(=O)Nc2cc(S(=O)(=O)N3CCCCC3)ccc2C)c1. The molecule has 0 radical (unpaired) electrons. The monoisotopic (exact) mass is 402 g/mol. The van der Waals surface area contributed by atoms with Crippen molar-refractivity contribution < 1.29 is 17.9 Å². The fourth-order valence-corrected chi connectivity index (χ4v) is 4.86. The first-order valence-corrected chi connectivity index (χ1v) is 10.9. The number of carbonyl (C=O) groups is 1. The molecule has 0 aromatic heterocycles. The Labute approximate surface area is 166 Å². The molecule has 1 aliphatic rings. The third-order valence-corrected chi connectivity index (χ3v) is 6.80. The third-order valence-electron chi connectivity index (χ3n) is 4.91. The zero-order valence-electron chi connectivity index (χ0n) is 16.3. The van der Waals surface area contributed by atoms with Gasteiger partial charge in [-0.1, -0.05) is 24.6 Å². The molecule has 1 N–H and O–H groups in total. The zero-order valence-corrected chi connectivity index (χ0v) is 17.1. The van der Waals surface area contributed by atoms with Crippen LogP contribution in [-0.4, -0.2) is 38.8 Å². The molecule has 0 bridgehead atoms. The highest BCUT2D eigenvalue weighted by Crippen LogP contribution is 2.25. The van der Waals surface area contributed by atoms with Crippen LogP contribution in [0.3, 0.4) is 0 Å². The number of hydrogen-bond donors (Lipinski definition) is 1. The van der Waals surface area contributed by atoms with Crippen molar-refractivity contribution in [2.75, 3.05) is 25.5 Å². The quantitative estimate of drug-likeness (QED) is 0.801. The maximum atomic E-state index is 12.9. The minimum atomic E-state index is -3.55. The molecule has 1 fully saturated rings. The Morgan fingerprint density at radius 3 is 2.57 bits per heavy atom. The number of methoxy groups -OCH3 is 1. The van der Waals surface area contributed by atoms with Crippen molar-refractivity contribution in [3.63, 3.8) is 0 Å². The lowest BCUT2D eigenvalue weighted by Crippen LogP contribution is -2.35. The average Bonchev–Trinajstić information content (AvgIpc) is 2.70. The van der Waals surface area contributed by atoms with Gasteiger partial charge in [-0.15, -0.1) is 0 Å². The van der Waals surface area contributed by atoms with E-state index in [2.05, 4.69) is 5.32 Å². The average molecular weight is 403 g/mol. The van der Waals surface area contributed by atoms with Crippen LogP contribution >= 0.6 is 0 Å². The third kappa shape index (κ3) is 4.60.